The van der Waals surface area contributed by atoms with Crippen molar-refractivity contribution in [2.45, 2.75) is 13.8 Å². The second-order valence-electron chi connectivity index (χ2n) is 4.63. The van der Waals surface area contributed by atoms with Gasteiger partial charge in [0.1, 0.15) is 13.1 Å². The topological polar surface area (TPSA) is 105 Å². The van der Waals surface area contributed by atoms with Crippen LogP contribution in [0, 0.1) is 39.9 Å². The third-order valence-corrected chi connectivity index (χ3v) is 3.19. The smallest absolute Gasteiger partial charge is 0.307 e. The lowest BCUT2D eigenvalue weighted by atomic mass is 10.1. The predicted molar refractivity (Wildman–Crippen MR) is 56.2 cm³/mol. The summed E-state index contributed by atoms with van der Waals surface area (Å²) >= 11 is 0. The van der Waals surface area contributed by atoms with Crippen LogP contribution in [-0.4, -0.2) is 35.0 Å². The van der Waals surface area contributed by atoms with Crippen LogP contribution in [0.15, 0.2) is 0 Å². The highest BCUT2D eigenvalue weighted by atomic mass is 16.4. The average molecular weight is 235 g/mol. The molecule has 1 N–H and O–H groups in total. The van der Waals surface area contributed by atoms with Crippen LogP contribution in [0.3, 0.4) is 0 Å². The summed E-state index contributed by atoms with van der Waals surface area (Å²) in [5.41, 5.74) is -0.605. The number of carboxylic acid groups (broad SMARTS) is 1. The zero-order valence-corrected chi connectivity index (χ0v) is 9.67. The molecule has 0 heterocycles. The van der Waals surface area contributed by atoms with E-state index in [1.165, 1.54) is 0 Å². The fraction of sp³-hybridized carbons (Fsp3) is 0.636. The van der Waals surface area contributed by atoms with E-state index in [1.807, 2.05) is 0 Å². The SMILES string of the molecule is CC1(C)C(C(=O)O)C1C(=O)N(CC#N)CC#N. The standard InChI is InChI=1S/C11H13N3O3/c1-11(2)7(8(11)10(16)17)9(15)14(5-3-12)6-4-13/h7-8H,5-6H2,1-2H3,(H,16,17). The molecule has 1 saturated carbocycles. The lowest BCUT2D eigenvalue weighted by Gasteiger charge is -2.16. The number of nitrogens with zero attached hydrogens (tertiary/aromatic N) is 3. The Morgan fingerprint density at radius 3 is 2.00 bits per heavy atom. The van der Waals surface area contributed by atoms with Crippen molar-refractivity contribution in [2.75, 3.05) is 13.1 Å². The Hall–Kier alpha value is -2.08. The zero-order valence-electron chi connectivity index (χ0n) is 9.67. The molecule has 2 unspecified atom stereocenters. The van der Waals surface area contributed by atoms with Gasteiger partial charge >= 0.3 is 5.97 Å². The second-order valence-corrected chi connectivity index (χ2v) is 4.63. The minimum atomic E-state index is -1.01. The van der Waals surface area contributed by atoms with Gasteiger partial charge in [-0.1, -0.05) is 13.8 Å². The minimum absolute atomic E-state index is 0.189. The molecular formula is C11H13N3O3. The van der Waals surface area contributed by atoms with E-state index in [0.717, 1.165) is 4.90 Å². The zero-order chi connectivity index (χ0) is 13.2. The summed E-state index contributed by atoms with van der Waals surface area (Å²) in [7, 11) is 0. The summed E-state index contributed by atoms with van der Waals surface area (Å²) in [4.78, 5) is 24.0. The first-order chi connectivity index (χ1) is 7.87. The summed E-state index contributed by atoms with van der Waals surface area (Å²) in [5, 5.41) is 26.0. The van der Waals surface area contributed by atoms with E-state index in [2.05, 4.69) is 0 Å². The molecule has 1 rings (SSSR count). The molecule has 0 aromatic carbocycles. The summed E-state index contributed by atoms with van der Waals surface area (Å²) in [5.74, 6) is -2.80. The molecule has 0 radical (unpaired) electrons. The van der Waals surface area contributed by atoms with Crippen molar-refractivity contribution in [2.24, 2.45) is 17.3 Å². The largest absolute Gasteiger partial charge is 0.481 e. The first kappa shape index (κ1) is 13.0. The highest BCUT2D eigenvalue weighted by molar-refractivity contribution is 5.91. The van der Waals surface area contributed by atoms with Gasteiger partial charge in [-0.3, -0.25) is 9.59 Å². The van der Waals surface area contributed by atoms with E-state index in [1.54, 1.807) is 26.0 Å². The highest BCUT2D eigenvalue weighted by Crippen LogP contribution is 2.58. The number of amides is 1. The number of carbonyl (C=O) groups excluding carboxylic acids is 1. The van der Waals surface area contributed by atoms with Crippen LogP contribution in [0.4, 0.5) is 0 Å². The van der Waals surface area contributed by atoms with E-state index in [4.69, 9.17) is 15.6 Å². The average Bonchev–Trinajstić information content (AvgIpc) is 2.80. The van der Waals surface area contributed by atoms with E-state index >= 15 is 0 Å². The van der Waals surface area contributed by atoms with Gasteiger partial charge in [-0.2, -0.15) is 10.5 Å². The number of hydrogen-bond acceptors (Lipinski definition) is 4. The van der Waals surface area contributed by atoms with Crippen molar-refractivity contribution < 1.29 is 14.7 Å². The third-order valence-electron chi connectivity index (χ3n) is 3.19. The Labute approximate surface area is 99.0 Å². The molecule has 17 heavy (non-hydrogen) atoms. The van der Waals surface area contributed by atoms with Crippen molar-refractivity contribution in [3.8, 4) is 12.1 Å². The molecule has 0 aliphatic heterocycles. The third kappa shape index (κ3) is 2.21. The van der Waals surface area contributed by atoms with Gasteiger partial charge in [0, 0.05) is 0 Å². The number of carboxylic acids is 1. The van der Waals surface area contributed by atoms with Crippen molar-refractivity contribution in [3.05, 3.63) is 0 Å². The maximum Gasteiger partial charge on any atom is 0.307 e. The molecule has 0 spiro atoms. The van der Waals surface area contributed by atoms with Crippen LogP contribution < -0.4 is 0 Å². The minimum Gasteiger partial charge on any atom is -0.481 e. The van der Waals surface area contributed by atoms with E-state index in [0.29, 0.717) is 0 Å². The maximum atomic E-state index is 12.0. The van der Waals surface area contributed by atoms with Gasteiger partial charge in [0.25, 0.3) is 0 Å². The molecule has 1 aliphatic carbocycles. The van der Waals surface area contributed by atoms with Gasteiger partial charge in [0.15, 0.2) is 0 Å². The Kier molecular flexibility index (Phi) is 3.38. The fourth-order valence-electron chi connectivity index (χ4n) is 2.14. The number of carbonyl (C=O) groups is 2. The second kappa shape index (κ2) is 4.42. The Balaban J connectivity index is 2.81. The Morgan fingerprint density at radius 2 is 1.71 bits per heavy atom. The van der Waals surface area contributed by atoms with Crippen LogP contribution >= 0.6 is 0 Å². The highest BCUT2D eigenvalue weighted by Gasteiger charge is 2.66. The lowest BCUT2D eigenvalue weighted by Crippen LogP contribution is -2.34. The number of hydrogen-bond donors (Lipinski definition) is 1. The van der Waals surface area contributed by atoms with Crippen LogP contribution in [-0.2, 0) is 9.59 Å². The number of aliphatic carboxylic acids is 1. The molecule has 6 heteroatoms. The molecular weight excluding hydrogens is 222 g/mol. The van der Waals surface area contributed by atoms with Crippen LogP contribution in [0.2, 0.25) is 0 Å². The van der Waals surface area contributed by atoms with Gasteiger partial charge in [-0.15, -0.1) is 0 Å². The Morgan fingerprint density at radius 1 is 1.24 bits per heavy atom. The quantitative estimate of drug-likeness (QED) is 0.701. The van der Waals surface area contributed by atoms with Crippen molar-refractivity contribution >= 4 is 11.9 Å². The van der Waals surface area contributed by atoms with Crippen molar-refractivity contribution in [1.82, 2.24) is 4.90 Å². The first-order valence-electron chi connectivity index (χ1n) is 5.13. The van der Waals surface area contributed by atoms with Gasteiger partial charge in [-0.25, -0.2) is 0 Å². The summed E-state index contributed by atoms with van der Waals surface area (Å²) in [6, 6.07) is 3.59. The molecule has 0 bridgehead atoms. The van der Waals surface area contributed by atoms with E-state index in [9.17, 15) is 9.59 Å². The first-order valence-corrected chi connectivity index (χ1v) is 5.13. The molecule has 6 nitrogen and oxygen atoms in total. The molecule has 1 aliphatic rings. The molecule has 1 fully saturated rings. The Bertz CT molecular complexity index is 414. The van der Waals surface area contributed by atoms with Crippen LogP contribution in [0.1, 0.15) is 13.8 Å². The number of rotatable bonds is 4. The van der Waals surface area contributed by atoms with Crippen LogP contribution in [0.5, 0.6) is 0 Å². The van der Waals surface area contributed by atoms with E-state index in [-0.39, 0.29) is 13.1 Å². The van der Waals surface area contributed by atoms with Gasteiger partial charge in [0.05, 0.1) is 24.0 Å². The maximum absolute atomic E-state index is 12.0. The van der Waals surface area contributed by atoms with Crippen LogP contribution in [0.25, 0.3) is 0 Å². The fourth-order valence-corrected chi connectivity index (χ4v) is 2.14. The summed E-state index contributed by atoms with van der Waals surface area (Å²) < 4.78 is 0. The molecule has 0 saturated heterocycles. The molecule has 1 amide bonds. The molecule has 0 aromatic heterocycles. The van der Waals surface area contributed by atoms with Gasteiger partial charge in [-0.05, 0) is 5.41 Å². The number of nitriles is 2. The predicted octanol–water partition coefficient (Wildman–Crippen LogP) is 0.219. The summed E-state index contributed by atoms with van der Waals surface area (Å²) in [6.45, 7) is 3.02. The van der Waals surface area contributed by atoms with E-state index < -0.39 is 29.1 Å². The van der Waals surface area contributed by atoms with Crippen molar-refractivity contribution in [3.63, 3.8) is 0 Å². The molecule has 2 atom stereocenters. The monoisotopic (exact) mass is 235 g/mol. The van der Waals surface area contributed by atoms with Gasteiger partial charge < -0.3 is 10.0 Å². The van der Waals surface area contributed by atoms with Crippen molar-refractivity contribution in [1.29, 1.82) is 10.5 Å². The lowest BCUT2D eigenvalue weighted by molar-refractivity contribution is -0.141. The molecule has 0 aromatic rings. The van der Waals surface area contributed by atoms with Gasteiger partial charge in [0.2, 0.25) is 5.91 Å². The molecule has 90 valence electrons. The normalized spacial score (nSPS) is 24.2. The summed E-state index contributed by atoms with van der Waals surface area (Å²) in [6.07, 6.45) is 0.